The third kappa shape index (κ3) is 3.68. The number of aliphatic imine (C=N–C) groups is 1. The molecule has 1 aromatic carbocycles. The van der Waals surface area contributed by atoms with Crippen LogP contribution >= 0.6 is 35.1 Å². The molecule has 2 aliphatic heterocycles. The third-order valence-electron chi connectivity index (χ3n) is 4.54. The first-order valence-electron chi connectivity index (χ1n) is 8.97. The first-order chi connectivity index (χ1) is 13.9. The number of aryl methyl sites for hydroxylation is 1. The van der Waals surface area contributed by atoms with Crippen molar-refractivity contribution in [1.29, 1.82) is 5.41 Å². The lowest BCUT2D eigenvalue weighted by Crippen LogP contribution is -2.35. The van der Waals surface area contributed by atoms with E-state index >= 15 is 0 Å². The molecule has 0 unspecified atom stereocenters. The maximum atomic E-state index is 12.6. The van der Waals surface area contributed by atoms with E-state index in [0.29, 0.717) is 10.2 Å². The third-order valence-corrected chi connectivity index (χ3v) is 6.70. The molecule has 0 saturated carbocycles. The Labute approximate surface area is 182 Å². The highest BCUT2D eigenvalue weighted by Crippen LogP contribution is 2.33. The van der Waals surface area contributed by atoms with Crippen LogP contribution < -0.4 is 0 Å². The number of carbonyl (C=O) groups excluding carboxylic acids is 1. The number of halogens is 1. The first kappa shape index (κ1) is 20.0. The van der Waals surface area contributed by atoms with Gasteiger partial charge in [0.15, 0.2) is 10.2 Å². The largest absolute Gasteiger partial charge is 0.318 e. The van der Waals surface area contributed by atoms with Gasteiger partial charge in [0.05, 0.1) is 5.57 Å². The van der Waals surface area contributed by atoms with E-state index in [1.54, 1.807) is 17.8 Å². The van der Waals surface area contributed by atoms with Crippen molar-refractivity contribution < 1.29 is 4.79 Å². The van der Waals surface area contributed by atoms with Crippen molar-refractivity contribution in [3.8, 4) is 5.69 Å². The number of thioether (sulfide) groups is 2. The van der Waals surface area contributed by atoms with Crippen molar-refractivity contribution in [3.05, 3.63) is 57.9 Å². The van der Waals surface area contributed by atoms with Crippen LogP contribution in [-0.2, 0) is 4.79 Å². The predicted molar refractivity (Wildman–Crippen MR) is 123 cm³/mol. The van der Waals surface area contributed by atoms with Gasteiger partial charge in [-0.1, -0.05) is 36.4 Å². The molecule has 0 saturated heterocycles. The van der Waals surface area contributed by atoms with Crippen LogP contribution in [0.4, 0.5) is 0 Å². The van der Waals surface area contributed by atoms with Crippen LogP contribution in [0.5, 0.6) is 0 Å². The van der Waals surface area contributed by atoms with E-state index in [4.69, 9.17) is 17.0 Å². The van der Waals surface area contributed by atoms with E-state index in [1.165, 1.54) is 16.8 Å². The highest BCUT2D eigenvalue weighted by Gasteiger charge is 2.35. The number of amides is 1. The summed E-state index contributed by atoms with van der Waals surface area (Å²) in [7, 11) is 0. The fourth-order valence-electron chi connectivity index (χ4n) is 3.26. The van der Waals surface area contributed by atoms with Gasteiger partial charge >= 0.3 is 0 Å². The molecular weight excluding hydrogens is 426 g/mol. The molecule has 29 heavy (non-hydrogen) atoms. The van der Waals surface area contributed by atoms with Crippen LogP contribution in [0.1, 0.15) is 23.9 Å². The van der Waals surface area contributed by atoms with Crippen molar-refractivity contribution in [2.45, 2.75) is 20.8 Å². The minimum Gasteiger partial charge on any atom is -0.318 e. The number of nitrogens with zero attached hydrogens (tertiary/aromatic N) is 4. The molecular formula is C20H18ClN5OS2. The summed E-state index contributed by atoms with van der Waals surface area (Å²) in [5, 5.41) is 15.5. The van der Waals surface area contributed by atoms with E-state index in [1.807, 2.05) is 51.1 Å². The molecule has 0 aliphatic carbocycles. The summed E-state index contributed by atoms with van der Waals surface area (Å²) in [6.45, 7) is 6.01. The summed E-state index contributed by atoms with van der Waals surface area (Å²) in [6.07, 6.45) is 1.72. The molecule has 9 heteroatoms. The smallest absolute Gasteiger partial charge is 0.283 e. The number of aromatic nitrogens is 1. The SMILES string of the molecule is CCSC1=NN2C(=N)/C(=C\c3cc(C)n(-c4cccc(Cl)c4)c3C)C(=O)N=C2S1. The Balaban J connectivity index is 1.73. The van der Waals surface area contributed by atoms with Gasteiger partial charge in [-0.25, -0.2) is 0 Å². The molecule has 4 rings (SSSR count). The number of amidine groups is 2. The summed E-state index contributed by atoms with van der Waals surface area (Å²) < 4.78 is 2.87. The van der Waals surface area contributed by atoms with E-state index in [9.17, 15) is 4.79 Å². The van der Waals surface area contributed by atoms with Gasteiger partial charge < -0.3 is 4.57 Å². The van der Waals surface area contributed by atoms with Crippen LogP contribution in [-0.4, -0.2) is 36.6 Å². The summed E-state index contributed by atoms with van der Waals surface area (Å²) in [4.78, 5) is 16.8. The zero-order chi connectivity index (χ0) is 20.7. The molecule has 0 fully saturated rings. The molecule has 148 valence electrons. The number of hydrogen-bond acceptors (Lipinski definition) is 5. The normalized spacial score (nSPS) is 17.7. The van der Waals surface area contributed by atoms with E-state index < -0.39 is 5.91 Å². The van der Waals surface area contributed by atoms with Crippen LogP contribution in [0.15, 0.2) is 46.0 Å². The topological polar surface area (TPSA) is 73.8 Å². The quantitative estimate of drug-likeness (QED) is 0.671. The zero-order valence-corrected chi connectivity index (χ0v) is 18.5. The molecule has 6 nitrogen and oxygen atoms in total. The van der Waals surface area contributed by atoms with Crippen LogP contribution in [0, 0.1) is 19.3 Å². The molecule has 1 amide bonds. The number of hydrazone groups is 1. The van der Waals surface area contributed by atoms with Gasteiger partial charge in [-0.2, -0.15) is 10.0 Å². The second-order valence-electron chi connectivity index (χ2n) is 6.46. The van der Waals surface area contributed by atoms with Crippen LogP contribution in [0.2, 0.25) is 5.02 Å². The van der Waals surface area contributed by atoms with E-state index in [0.717, 1.165) is 32.8 Å². The average molecular weight is 444 g/mol. The highest BCUT2D eigenvalue weighted by molar-refractivity contribution is 8.45. The molecule has 0 bridgehead atoms. The Morgan fingerprint density at radius 1 is 1.31 bits per heavy atom. The lowest BCUT2D eigenvalue weighted by Gasteiger charge is -2.20. The van der Waals surface area contributed by atoms with Gasteiger partial charge in [0.25, 0.3) is 5.91 Å². The number of fused-ring (bicyclic) bond motifs is 1. The zero-order valence-electron chi connectivity index (χ0n) is 16.1. The lowest BCUT2D eigenvalue weighted by atomic mass is 10.1. The van der Waals surface area contributed by atoms with Crippen LogP contribution in [0.3, 0.4) is 0 Å². The van der Waals surface area contributed by atoms with Crippen molar-refractivity contribution in [2.75, 3.05) is 5.75 Å². The second kappa shape index (κ2) is 7.85. The van der Waals surface area contributed by atoms with Gasteiger partial charge in [0.1, 0.15) is 0 Å². The minimum absolute atomic E-state index is 0.0479. The van der Waals surface area contributed by atoms with E-state index in [-0.39, 0.29) is 11.4 Å². The highest BCUT2D eigenvalue weighted by atomic mass is 35.5. The lowest BCUT2D eigenvalue weighted by molar-refractivity contribution is -0.114. The maximum absolute atomic E-state index is 12.6. The first-order valence-corrected chi connectivity index (χ1v) is 11.1. The molecule has 1 aromatic heterocycles. The standard InChI is InChI=1S/C20H18ClN5OS2/c1-4-28-20-24-26-17(22)16(18(27)23-19(26)29-20)9-13-8-11(2)25(12(13)3)15-7-5-6-14(21)10-15/h5-10,22H,4H2,1-3H3/b16-9+,22-17?. The number of hydrogen-bond donors (Lipinski definition) is 1. The summed E-state index contributed by atoms with van der Waals surface area (Å²) in [6, 6.07) is 9.60. The molecule has 2 aliphatic rings. The maximum Gasteiger partial charge on any atom is 0.283 e. The summed E-state index contributed by atoms with van der Waals surface area (Å²) >= 11 is 9.05. The van der Waals surface area contributed by atoms with Gasteiger partial charge in [-0.3, -0.25) is 10.2 Å². The number of rotatable bonds is 3. The number of benzene rings is 1. The Morgan fingerprint density at radius 2 is 2.10 bits per heavy atom. The Morgan fingerprint density at radius 3 is 2.83 bits per heavy atom. The number of nitrogens with one attached hydrogen (secondary N) is 1. The molecule has 0 radical (unpaired) electrons. The summed E-state index contributed by atoms with van der Waals surface area (Å²) in [5.74, 6) is 0.498. The van der Waals surface area contributed by atoms with Gasteiger partial charge in [0, 0.05) is 22.1 Å². The monoisotopic (exact) mass is 443 g/mol. The Kier molecular flexibility index (Phi) is 5.42. The van der Waals surface area contributed by atoms with Crippen molar-refractivity contribution in [2.24, 2.45) is 10.1 Å². The minimum atomic E-state index is -0.417. The second-order valence-corrected chi connectivity index (χ2v) is 9.36. The average Bonchev–Trinajstić information content (AvgIpc) is 3.19. The van der Waals surface area contributed by atoms with Crippen LogP contribution in [0.25, 0.3) is 11.8 Å². The van der Waals surface area contributed by atoms with E-state index in [2.05, 4.69) is 14.7 Å². The van der Waals surface area contributed by atoms with Crippen molar-refractivity contribution in [1.82, 2.24) is 9.58 Å². The molecule has 0 spiro atoms. The van der Waals surface area contributed by atoms with Gasteiger partial charge in [-0.05, 0) is 67.3 Å². The fraction of sp³-hybridized carbons (Fsp3) is 0.200. The van der Waals surface area contributed by atoms with Crippen molar-refractivity contribution in [3.63, 3.8) is 0 Å². The fourth-order valence-corrected chi connectivity index (χ4v) is 5.27. The van der Waals surface area contributed by atoms with Gasteiger partial charge in [0.2, 0.25) is 5.17 Å². The van der Waals surface area contributed by atoms with Gasteiger partial charge in [-0.15, -0.1) is 5.10 Å². The van der Waals surface area contributed by atoms with Crippen molar-refractivity contribution >= 4 is 62.5 Å². The predicted octanol–water partition coefficient (Wildman–Crippen LogP) is 5.08. The molecule has 1 N–H and O–H groups in total. The number of carbonyl (C=O) groups is 1. The molecule has 2 aromatic rings. The molecule has 0 atom stereocenters. The summed E-state index contributed by atoms with van der Waals surface area (Å²) in [5.41, 5.74) is 3.99. The Bertz CT molecular complexity index is 1130. The molecule has 3 heterocycles. The Hall–Kier alpha value is -2.29.